The lowest BCUT2D eigenvalue weighted by atomic mass is 10.0. The summed E-state index contributed by atoms with van der Waals surface area (Å²) in [6.07, 6.45) is 0. The van der Waals surface area contributed by atoms with E-state index in [9.17, 15) is 13.2 Å². The van der Waals surface area contributed by atoms with Gasteiger partial charge in [-0.25, -0.2) is 8.42 Å². The molecular weight excluding hydrogens is 346 g/mol. The summed E-state index contributed by atoms with van der Waals surface area (Å²) in [5, 5.41) is -1.22. The fourth-order valence-corrected chi connectivity index (χ4v) is 5.23. The van der Waals surface area contributed by atoms with Crippen LogP contribution in [0.3, 0.4) is 0 Å². The average molecular weight is 363 g/mol. The smallest absolute Gasteiger partial charge is 0.250 e. The molecule has 0 saturated heterocycles. The maximum Gasteiger partial charge on any atom is 0.250 e. The lowest BCUT2D eigenvalue weighted by Crippen LogP contribution is -2.42. The highest BCUT2D eigenvalue weighted by atomic mass is 32.2. The second-order valence-electron chi connectivity index (χ2n) is 6.21. The van der Waals surface area contributed by atoms with Crippen LogP contribution in [0.5, 0.6) is 0 Å². The molecule has 4 nitrogen and oxygen atoms in total. The molecule has 1 aliphatic heterocycles. The van der Waals surface area contributed by atoms with Crippen molar-refractivity contribution in [1.82, 2.24) is 0 Å². The molecule has 3 aromatic rings. The zero-order valence-electron chi connectivity index (χ0n) is 13.9. The number of para-hydroxylation sites is 1. The monoisotopic (exact) mass is 363 g/mol. The Morgan fingerprint density at radius 1 is 0.769 bits per heavy atom. The molecule has 1 heterocycles. The average Bonchev–Trinajstić information content (AvgIpc) is 2.67. The SMILES string of the molecule is O=C1c2ccccc2N(Cc2ccccc2)S(=O)(=O)C1c1ccccc1. The molecule has 0 fully saturated rings. The van der Waals surface area contributed by atoms with Crippen molar-refractivity contribution in [2.24, 2.45) is 0 Å². The number of benzene rings is 3. The zero-order valence-corrected chi connectivity index (χ0v) is 14.8. The lowest BCUT2D eigenvalue weighted by Gasteiger charge is -2.34. The van der Waals surface area contributed by atoms with Gasteiger partial charge in [0.15, 0.2) is 11.0 Å². The van der Waals surface area contributed by atoms with E-state index in [4.69, 9.17) is 0 Å². The largest absolute Gasteiger partial charge is 0.292 e. The van der Waals surface area contributed by atoms with Crippen molar-refractivity contribution >= 4 is 21.5 Å². The van der Waals surface area contributed by atoms with E-state index in [0.717, 1.165) is 5.56 Å². The summed E-state index contributed by atoms with van der Waals surface area (Å²) in [5.41, 5.74) is 2.23. The Balaban J connectivity index is 1.89. The molecule has 0 N–H and O–H groups in total. The fourth-order valence-electron chi connectivity index (χ4n) is 3.32. The molecule has 0 aromatic heterocycles. The van der Waals surface area contributed by atoms with Crippen molar-refractivity contribution in [2.75, 3.05) is 4.31 Å². The number of hydrogen-bond acceptors (Lipinski definition) is 3. The highest BCUT2D eigenvalue weighted by Crippen LogP contribution is 2.41. The molecule has 1 atom stereocenters. The van der Waals surface area contributed by atoms with Crippen LogP contribution in [0.25, 0.3) is 0 Å². The second kappa shape index (κ2) is 6.42. The minimum Gasteiger partial charge on any atom is -0.292 e. The van der Waals surface area contributed by atoms with Crippen LogP contribution < -0.4 is 4.31 Å². The first-order chi connectivity index (χ1) is 12.6. The predicted octanol–water partition coefficient (Wildman–Crippen LogP) is 3.96. The van der Waals surface area contributed by atoms with Crippen LogP contribution in [0.2, 0.25) is 0 Å². The van der Waals surface area contributed by atoms with Crippen molar-refractivity contribution in [3.05, 3.63) is 102 Å². The van der Waals surface area contributed by atoms with Gasteiger partial charge in [-0.2, -0.15) is 0 Å². The third-order valence-corrected chi connectivity index (χ3v) is 6.57. The molecule has 0 spiro atoms. The number of ketones is 1. The van der Waals surface area contributed by atoms with E-state index in [-0.39, 0.29) is 12.3 Å². The number of sulfonamides is 1. The van der Waals surface area contributed by atoms with Gasteiger partial charge in [0.25, 0.3) is 0 Å². The number of nitrogens with zero attached hydrogens (tertiary/aromatic N) is 1. The van der Waals surface area contributed by atoms with E-state index >= 15 is 0 Å². The van der Waals surface area contributed by atoms with Crippen LogP contribution in [0.1, 0.15) is 26.7 Å². The fraction of sp³-hybridized carbons (Fsp3) is 0.0952. The van der Waals surface area contributed by atoms with Crippen LogP contribution >= 0.6 is 0 Å². The Labute approximate surface area is 152 Å². The van der Waals surface area contributed by atoms with E-state index in [1.165, 1.54) is 4.31 Å². The minimum absolute atomic E-state index is 0.191. The topological polar surface area (TPSA) is 54.5 Å². The molecule has 3 aromatic carbocycles. The van der Waals surface area contributed by atoms with Gasteiger partial charge in [-0.1, -0.05) is 72.8 Å². The number of carbonyl (C=O) groups is 1. The van der Waals surface area contributed by atoms with Gasteiger partial charge in [-0.15, -0.1) is 0 Å². The minimum atomic E-state index is -3.89. The van der Waals surface area contributed by atoms with Gasteiger partial charge in [-0.05, 0) is 23.3 Å². The number of carbonyl (C=O) groups excluding carboxylic acids is 1. The van der Waals surface area contributed by atoms with E-state index in [0.29, 0.717) is 16.8 Å². The van der Waals surface area contributed by atoms with Gasteiger partial charge in [0, 0.05) is 5.56 Å². The Hall–Kier alpha value is -2.92. The first kappa shape index (κ1) is 16.5. The summed E-state index contributed by atoms with van der Waals surface area (Å²) in [6, 6.07) is 25.0. The summed E-state index contributed by atoms with van der Waals surface area (Å²) in [5.74, 6) is -0.379. The molecule has 1 aliphatic rings. The summed E-state index contributed by atoms with van der Waals surface area (Å²) in [4.78, 5) is 13.0. The standard InChI is InChI=1S/C21H17NO3S/c23-20-18-13-7-8-14-19(18)22(15-16-9-3-1-4-10-16)26(24,25)21(20)17-11-5-2-6-12-17/h1-14,21H,15H2. The van der Waals surface area contributed by atoms with Crippen LogP contribution in [0.4, 0.5) is 5.69 Å². The summed E-state index contributed by atoms with van der Waals surface area (Å²) >= 11 is 0. The third-order valence-electron chi connectivity index (χ3n) is 4.55. The zero-order chi connectivity index (χ0) is 18.1. The molecule has 1 unspecified atom stereocenters. The Kier molecular flexibility index (Phi) is 4.09. The maximum absolute atomic E-state index is 13.4. The second-order valence-corrected chi connectivity index (χ2v) is 8.15. The Bertz CT molecular complexity index is 1050. The molecule has 0 saturated carbocycles. The molecule has 0 bridgehead atoms. The summed E-state index contributed by atoms with van der Waals surface area (Å²) in [7, 11) is -3.89. The highest BCUT2D eigenvalue weighted by Gasteiger charge is 2.45. The van der Waals surface area contributed by atoms with Gasteiger partial charge >= 0.3 is 0 Å². The quantitative estimate of drug-likeness (QED) is 0.708. The van der Waals surface area contributed by atoms with Gasteiger partial charge in [0.1, 0.15) is 0 Å². The molecule has 5 heteroatoms. The van der Waals surface area contributed by atoms with E-state index in [1.54, 1.807) is 54.6 Å². The molecule has 0 radical (unpaired) electrons. The molecule has 0 aliphatic carbocycles. The molecule has 26 heavy (non-hydrogen) atoms. The predicted molar refractivity (Wildman–Crippen MR) is 102 cm³/mol. The number of rotatable bonds is 3. The van der Waals surface area contributed by atoms with Crippen LogP contribution in [-0.2, 0) is 16.6 Å². The molecule has 4 rings (SSSR count). The van der Waals surface area contributed by atoms with Crippen LogP contribution in [0, 0.1) is 0 Å². The summed E-state index contributed by atoms with van der Waals surface area (Å²) < 4.78 is 28.1. The first-order valence-corrected chi connectivity index (χ1v) is 9.83. The number of hydrogen-bond donors (Lipinski definition) is 0. The summed E-state index contributed by atoms with van der Waals surface area (Å²) in [6.45, 7) is 0.191. The normalized spacial score (nSPS) is 18.4. The number of Topliss-reactive ketones (excluding diaryl/α,β-unsaturated/α-hetero) is 1. The van der Waals surface area contributed by atoms with Crippen LogP contribution in [-0.4, -0.2) is 14.2 Å². The van der Waals surface area contributed by atoms with Crippen LogP contribution in [0.15, 0.2) is 84.9 Å². The van der Waals surface area contributed by atoms with Crippen molar-refractivity contribution in [2.45, 2.75) is 11.8 Å². The van der Waals surface area contributed by atoms with E-state index in [1.807, 2.05) is 30.3 Å². The highest BCUT2D eigenvalue weighted by molar-refractivity contribution is 7.93. The Morgan fingerprint density at radius 2 is 1.35 bits per heavy atom. The van der Waals surface area contributed by atoms with Crippen molar-refractivity contribution < 1.29 is 13.2 Å². The molecule has 0 amide bonds. The third kappa shape index (κ3) is 2.70. The Morgan fingerprint density at radius 3 is 2.04 bits per heavy atom. The number of fused-ring (bicyclic) bond motifs is 1. The maximum atomic E-state index is 13.4. The molecular formula is C21H17NO3S. The van der Waals surface area contributed by atoms with E-state index < -0.39 is 15.3 Å². The number of anilines is 1. The van der Waals surface area contributed by atoms with Crippen molar-refractivity contribution in [3.63, 3.8) is 0 Å². The first-order valence-electron chi connectivity index (χ1n) is 8.33. The van der Waals surface area contributed by atoms with Crippen molar-refractivity contribution in [3.8, 4) is 0 Å². The van der Waals surface area contributed by atoms with Crippen molar-refractivity contribution in [1.29, 1.82) is 0 Å². The van der Waals surface area contributed by atoms with E-state index in [2.05, 4.69) is 0 Å². The lowest BCUT2D eigenvalue weighted by molar-refractivity contribution is 0.0985. The van der Waals surface area contributed by atoms with Gasteiger partial charge in [-0.3, -0.25) is 9.10 Å². The van der Waals surface area contributed by atoms with Gasteiger partial charge in [0.05, 0.1) is 12.2 Å². The molecule has 130 valence electrons. The van der Waals surface area contributed by atoms with Gasteiger partial charge in [0.2, 0.25) is 10.0 Å². The van der Waals surface area contributed by atoms with Gasteiger partial charge < -0.3 is 0 Å².